The maximum absolute atomic E-state index is 10.1. The Hall–Kier alpha value is -0.930. The molecule has 0 aromatic carbocycles. The average molecular weight is 206 g/mol. The third-order valence-electron chi connectivity index (χ3n) is 3.23. The molecule has 15 heavy (non-hydrogen) atoms. The van der Waals surface area contributed by atoms with E-state index in [0.29, 0.717) is 5.92 Å². The quantitative estimate of drug-likeness (QED) is 0.809. The highest BCUT2D eigenvalue weighted by atomic mass is 16.3. The molecule has 1 saturated heterocycles. The van der Waals surface area contributed by atoms with Crippen LogP contribution < -0.4 is 0 Å². The summed E-state index contributed by atoms with van der Waals surface area (Å²) in [5.41, 5.74) is 0.795. The predicted octanol–water partition coefficient (Wildman–Crippen LogP) is 1.28. The zero-order chi connectivity index (χ0) is 10.9. The highest BCUT2D eigenvalue weighted by Crippen LogP contribution is 2.29. The molecule has 1 aromatic heterocycles. The predicted molar refractivity (Wildman–Crippen MR) is 59.3 cm³/mol. The van der Waals surface area contributed by atoms with E-state index in [2.05, 4.69) is 23.7 Å². The van der Waals surface area contributed by atoms with Gasteiger partial charge < -0.3 is 5.11 Å². The number of aromatic nitrogens is 1. The van der Waals surface area contributed by atoms with Crippen molar-refractivity contribution in [2.45, 2.75) is 26.0 Å². The first-order chi connectivity index (χ1) is 7.10. The molecular weight excluding hydrogens is 188 g/mol. The van der Waals surface area contributed by atoms with Crippen LogP contribution in [0.2, 0.25) is 0 Å². The largest absolute Gasteiger partial charge is 0.387 e. The SMILES string of the molecule is CC(C)C1(O)CN(Cc2ccncc2)C1. The van der Waals surface area contributed by atoms with Crippen molar-refractivity contribution in [2.24, 2.45) is 5.92 Å². The van der Waals surface area contributed by atoms with Gasteiger partial charge in [0.05, 0.1) is 5.60 Å². The van der Waals surface area contributed by atoms with Crippen LogP contribution in [0.25, 0.3) is 0 Å². The molecule has 1 fully saturated rings. The van der Waals surface area contributed by atoms with Gasteiger partial charge in [-0.2, -0.15) is 0 Å². The van der Waals surface area contributed by atoms with Crippen molar-refractivity contribution < 1.29 is 5.11 Å². The summed E-state index contributed by atoms with van der Waals surface area (Å²) >= 11 is 0. The molecule has 0 atom stereocenters. The van der Waals surface area contributed by atoms with Gasteiger partial charge in [-0.15, -0.1) is 0 Å². The summed E-state index contributed by atoms with van der Waals surface area (Å²) in [6.07, 6.45) is 3.62. The van der Waals surface area contributed by atoms with E-state index in [9.17, 15) is 5.11 Å². The van der Waals surface area contributed by atoms with Gasteiger partial charge in [0, 0.05) is 32.0 Å². The number of hydrogen-bond donors (Lipinski definition) is 1. The van der Waals surface area contributed by atoms with Crippen LogP contribution >= 0.6 is 0 Å². The molecule has 3 nitrogen and oxygen atoms in total. The molecule has 1 aromatic rings. The van der Waals surface area contributed by atoms with E-state index < -0.39 is 5.60 Å². The van der Waals surface area contributed by atoms with E-state index in [4.69, 9.17) is 0 Å². The number of nitrogens with zero attached hydrogens (tertiary/aromatic N) is 2. The summed E-state index contributed by atoms with van der Waals surface area (Å²) < 4.78 is 0. The van der Waals surface area contributed by atoms with Gasteiger partial charge in [-0.1, -0.05) is 13.8 Å². The van der Waals surface area contributed by atoms with Crippen molar-refractivity contribution in [3.63, 3.8) is 0 Å². The topological polar surface area (TPSA) is 36.4 Å². The van der Waals surface area contributed by atoms with Crippen LogP contribution in [0.3, 0.4) is 0 Å². The van der Waals surface area contributed by atoms with Crippen LogP contribution in [0.4, 0.5) is 0 Å². The molecular formula is C12H18N2O. The highest BCUT2D eigenvalue weighted by molar-refractivity contribution is 5.11. The van der Waals surface area contributed by atoms with Gasteiger partial charge in [-0.3, -0.25) is 9.88 Å². The summed E-state index contributed by atoms with van der Waals surface area (Å²) in [5.74, 6) is 0.339. The molecule has 0 saturated carbocycles. The Bertz CT molecular complexity index is 318. The van der Waals surface area contributed by atoms with Crippen LogP contribution in [-0.4, -0.2) is 33.7 Å². The van der Waals surface area contributed by atoms with Gasteiger partial charge >= 0.3 is 0 Å². The van der Waals surface area contributed by atoms with Gasteiger partial charge in [-0.05, 0) is 23.6 Å². The Balaban J connectivity index is 1.86. The van der Waals surface area contributed by atoms with Crippen LogP contribution in [0, 0.1) is 5.92 Å². The van der Waals surface area contributed by atoms with Crippen LogP contribution in [-0.2, 0) is 6.54 Å². The Morgan fingerprint density at radius 1 is 1.40 bits per heavy atom. The van der Waals surface area contributed by atoms with E-state index >= 15 is 0 Å². The summed E-state index contributed by atoms with van der Waals surface area (Å²) in [6, 6.07) is 4.04. The number of pyridine rings is 1. The molecule has 2 rings (SSSR count). The number of likely N-dealkylation sites (tertiary alicyclic amines) is 1. The third kappa shape index (κ3) is 2.19. The molecule has 0 spiro atoms. The molecule has 0 bridgehead atoms. The lowest BCUT2D eigenvalue weighted by atomic mass is 9.83. The lowest BCUT2D eigenvalue weighted by molar-refractivity contribution is -0.130. The van der Waals surface area contributed by atoms with Crippen molar-refractivity contribution in [3.05, 3.63) is 30.1 Å². The van der Waals surface area contributed by atoms with Crippen molar-refractivity contribution in [2.75, 3.05) is 13.1 Å². The number of rotatable bonds is 3. The van der Waals surface area contributed by atoms with Crippen LogP contribution in [0.15, 0.2) is 24.5 Å². The minimum Gasteiger partial charge on any atom is -0.387 e. The second-order valence-corrected chi connectivity index (χ2v) is 4.76. The normalized spacial score (nSPS) is 20.3. The first-order valence-corrected chi connectivity index (χ1v) is 5.44. The molecule has 82 valence electrons. The Kier molecular flexibility index (Phi) is 2.76. The highest BCUT2D eigenvalue weighted by Gasteiger charge is 2.43. The molecule has 0 radical (unpaired) electrons. The second-order valence-electron chi connectivity index (χ2n) is 4.76. The number of aliphatic hydroxyl groups is 1. The van der Waals surface area contributed by atoms with Crippen LogP contribution in [0.1, 0.15) is 19.4 Å². The lowest BCUT2D eigenvalue weighted by Gasteiger charge is -2.49. The zero-order valence-electron chi connectivity index (χ0n) is 9.35. The second kappa shape index (κ2) is 3.91. The summed E-state index contributed by atoms with van der Waals surface area (Å²) in [5, 5.41) is 10.1. The van der Waals surface area contributed by atoms with Crippen molar-refractivity contribution >= 4 is 0 Å². The molecule has 1 N–H and O–H groups in total. The van der Waals surface area contributed by atoms with E-state index in [1.54, 1.807) is 0 Å². The maximum atomic E-state index is 10.1. The molecule has 2 heterocycles. The summed E-state index contributed by atoms with van der Waals surface area (Å²) in [7, 11) is 0. The molecule has 3 heteroatoms. The van der Waals surface area contributed by atoms with Crippen LogP contribution in [0.5, 0.6) is 0 Å². The van der Waals surface area contributed by atoms with E-state index in [1.807, 2.05) is 24.5 Å². The van der Waals surface area contributed by atoms with E-state index in [1.165, 1.54) is 5.56 Å². The Morgan fingerprint density at radius 2 is 2.00 bits per heavy atom. The summed E-state index contributed by atoms with van der Waals surface area (Å²) in [6.45, 7) is 6.63. The van der Waals surface area contributed by atoms with Crippen molar-refractivity contribution in [1.82, 2.24) is 9.88 Å². The average Bonchev–Trinajstić information content (AvgIpc) is 2.16. The molecule has 1 aliphatic rings. The fraction of sp³-hybridized carbons (Fsp3) is 0.583. The molecule has 0 amide bonds. The van der Waals surface area contributed by atoms with Gasteiger partial charge in [0.25, 0.3) is 0 Å². The van der Waals surface area contributed by atoms with Gasteiger partial charge in [0.15, 0.2) is 0 Å². The third-order valence-corrected chi connectivity index (χ3v) is 3.23. The van der Waals surface area contributed by atoms with Crippen molar-refractivity contribution in [3.8, 4) is 0 Å². The minimum atomic E-state index is -0.465. The first kappa shape index (κ1) is 10.6. The van der Waals surface area contributed by atoms with Gasteiger partial charge in [0.2, 0.25) is 0 Å². The van der Waals surface area contributed by atoms with Crippen molar-refractivity contribution in [1.29, 1.82) is 0 Å². The Morgan fingerprint density at radius 3 is 2.53 bits per heavy atom. The number of β-amino-alcohol motifs (C(OH)–C–C–N with tert-alkyl or cyclic N) is 1. The minimum absolute atomic E-state index is 0.339. The summed E-state index contributed by atoms with van der Waals surface area (Å²) in [4.78, 5) is 6.24. The van der Waals surface area contributed by atoms with Gasteiger partial charge in [-0.25, -0.2) is 0 Å². The molecule has 0 unspecified atom stereocenters. The van der Waals surface area contributed by atoms with E-state index in [-0.39, 0.29) is 0 Å². The molecule has 0 aliphatic carbocycles. The fourth-order valence-electron chi connectivity index (χ4n) is 1.95. The zero-order valence-corrected chi connectivity index (χ0v) is 9.35. The monoisotopic (exact) mass is 206 g/mol. The smallest absolute Gasteiger partial charge is 0.0923 e. The maximum Gasteiger partial charge on any atom is 0.0923 e. The molecule has 1 aliphatic heterocycles. The van der Waals surface area contributed by atoms with E-state index in [0.717, 1.165) is 19.6 Å². The first-order valence-electron chi connectivity index (χ1n) is 5.44. The fourth-order valence-corrected chi connectivity index (χ4v) is 1.95. The standard InChI is InChI=1S/C12H18N2O/c1-10(2)12(15)8-14(9-12)7-11-3-5-13-6-4-11/h3-6,10,15H,7-9H2,1-2H3. The lowest BCUT2D eigenvalue weighted by Crippen LogP contribution is -2.63. The Labute approximate surface area is 90.8 Å². The number of hydrogen-bond acceptors (Lipinski definition) is 3. The van der Waals surface area contributed by atoms with Gasteiger partial charge in [0.1, 0.15) is 0 Å².